The van der Waals surface area contributed by atoms with Crippen molar-refractivity contribution in [2.45, 2.75) is 31.0 Å². The van der Waals surface area contributed by atoms with Gasteiger partial charge in [-0.3, -0.25) is 4.79 Å². The van der Waals surface area contributed by atoms with Gasteiger partial charge >= 0.3 is 6.18 Å². The van der Waals surface area contributed by atoms with Crippen molar-refractivity contribution in [2.24, 2.45) is 0 Å². The average molecular weight is 540 g/mol. The van der Waals surface area contributed by atoms with Crippen LogP contribution in [0.1, 0.15) is 24.3 Å². The van der Waals surface area contributed by atoms with Crippen LogP contribution in [0.5, 0.6) is 0 Å². The van der Waals surface area contributed by atoms with Gasteiger partial charge in [0.05, 0.1) is 11.1 Å². The van der Waals surface area contributed by atoms with Crippen molar-refractivity contribution < 1.29 is 18.3 Å². The molecule has 0 aliphatic carbocycles. The third-order valence-electron chi connectivity index (χ3n) is 6.97. The summed E-state index contributed by atoms with van der Waals surface area (Å²) in [7, 11) is 1.73. The lowest BCUT2D eigenvalue weighted by Gasteiger charge is -2.33. The minimum absolute atomic E-state index is 0.212. The maximum atomic E-state index is 12.7. The van der Waals surface area contributed by atoms with Crippen LogP contribution in [-0.4, -0.2) is 68.9 Å². The molecule has 1 aliphatic heterocycles. The predicted molar refractivity (Wildman–Crippen MR) is 143 cm³/mol. The van der Waals surface area contributed by atoms with E-state index in [4.69, 9.17) is 4.98 Å². The van der Waals surface area contributed by atoms with Crippen LogP contribution in [-0.2, 0) is 0 Å². The maximum Gasteiger partial charge on any atom is 0.415 e. The van der Waals surface area contributed by atoms with Crippen LogP contribution in [0.3, 0.4) is 0 Å². The number of hydrogen-bond acceptors (Lipinski definition) is 8. The van der Waals surface area contributed by atoms with Gasteiger partial charge in [-0.15, -0.1) is 0 Å². The molecule has 0 amide bonds. The lowest BCUT2D eigenvalue weighted by Crippen LogP contribution is -2.43. The Hall–Kier alpha value is -4.03. The summed E-state index contributed by atoms with van der Waals surface area (Å²) in [6.07, 6.45) is -0.611. The van der Waals surface area contributed by atoms with E-state index in [0.29, 0.717) is 59.7 Å². The van der Waals surface area contributed by atoms with E-state index in [1.807, 2.05) is 30.3 Å². The standard InChI is InChI=1S/C27H28F3N7O2/c1-31-26-33-13-19(14-34-26)21-12-18-6-9-32-25(39)23(18)24(36-21)35-20-4-2-16(3-5-20)17-7-10-37(11-8-17)15-22(38)27(28,29)30/h2-6,9,12-14,17,22,38H,7-8,10-11,15H2,1H3,(H,32,39)(H,35,36)(H,31,33,34). The summed E-state index contributed by atoms with van der Waals surface area (Å²) >= 11 is 0. The number of aromatic amines is 1. The monoisotopic (exact) mass is 539 g/mol. The third-order valence-corrected chi connectivity index (χ3v) is 6.97. The van der Waals surface area contributed by atoms with Crippen LogP contribution in [0.2, 0.25) is 0 Å². The van der Waals surface area contributed by atoms with E-state index >= 15 is 0 Å². The largest absolute Gasteiger partial charge is 0.415 e. The van der Waals surface area contributed by atoms with E-state index in [0.717, 1.165) is 11.3 Å². The van der Waals surface area contributed by atoms with Crippen molar-refractivity contribution >= 4 is 28.2 Å². The first-order valence-corrected chi connectivity index (χ1v) is 12.6. The Morgan fingerprint density at radius 1 is 1.13 bits per heavy atom. The summed E-state index contributed by atoms with van der Waals surface area (Å²) in [5.41, 5.74) is 2.86. The number of rotatable bonds is 7. The summed E-state index contributed by atoms with van der Waals surface area (Å²) < 4.78 is 38.0. The van der Waals surface area contributed by atoms with E-state index in [9.17, 15) is 23.1 Å². The number of H-pyrrole nitrogens is 1. The molecule has 3 aromatic heterocycles. The molecule has 204 valence electrons. The minimum atomic E-state index is -4.60. The van der Waals surface area contributed by atoms with Crippen LogP contribution in [0, 0.1) is 0 Å². The normalized spacial score (nSPS) is 15.8. The molecule has 0 bridgehead atoms. The second kappa shape index (κ2) is 11.0. The van der Waals surface area contributed by atoms with Gasteiger partial charge < -0.3 is 25.6 Å². The smallest absolute Gasteiger partial charge is 0.382 e. The number of nitrogens with one attached hydrogen (secondary N) is 3. The van der Waals surface area contributed by atoms with Crippen molar-refractivity contribution in [3.63, 3.8) is 0 Å². The molecule has 1 atom stereocenters. The van der Waals surface area contributed by atoms with Crippen LogP contribution in [0.4, 0.5) is 30.6 Å². The summed E-state index contributed by atoms with van der Waals surface area (Å²) in [6.45, 7) is 0.578. The number of nitrogens with zero attached hydrogens (tertiary/aromatic N) is 4. The van der Waals surface area contributed by atoms with Gasteiger partial charge in [0.2, 0.25) is 5.95 Å². The lowest BCUT2D eigenvalue weighted by atomic mass is 9.89. The molecule has 9 nitrogen and oxygen atoms in total. The zero-order chi connectivity index (χ0) is 27.6. The summed E-state index contributed by atoms with van der Waals surface area (Å²) in [4.78, 5) is 30.2. The molecular formula is C27H28F3N7O2. The highest BCUT2D eigenvalue weighted by molar-refractivity contribution is 5.95. The Labute approximate surface area is 222 Å². The van der Waals surface area contributed by atoms with Crippen molar-refractivity contribution in [1.29, 1.82) is 0 Å². The van der Waals surface area contributed by atoms with Crippen molar-refractivity contribution in [2.75, 3.05) is 37.3 Å². The Morgan fingerprint density at radius 3 is 2.46 bits per heavy atom. The van der Waals surface area contributed by atoms with E-state index in [1.54, 1.807) is 36.6 Å². The number of anilines is 3. The number of likely N-dealkylation sites (tertiary alicyclic amines) is 1. The molecule has 39 heavy (non-hydrogen) atoms. The zero-order valence-electron chi connectivity index (χ0n) is 21.2. The molecule has 0 saturated carbocycles. The number of β-amino-alcohol motifs (C(OH)–C–C–N with tert-alkyl or cyclic N) is 1. The van der Waals surface area contributed by atoms with Gasteiger partial charge in [0, 0.05) is 43.4 Å². The van der Waals surface area contributed by atoms with E-state index in [2.05, 4.69) is 25.6 Å². The average Bonchev–Trinajstić information content (AvgIpc) is 2.93. The number of aliphatic hydroxyl groups excluding tert-OH is 1. The second-order valence-electron chi connectivity index (χ2n) is 9.55. The first-order valence-electron chi connectivity index (χ1n) is 12.6. The fraction of sp³-hybridized carbons (Fsp3) is 0.333. The molecule has 4 heterocycles. The Morgan fingerprint density at radius 2 is 1.82 bits per heavy atom. The molecule has 1 fully saturated rings. The summed E-state index contributed by atoms with van der Waals surface area (Å²) in [5, 5.41) is 16.6. The minimum Gasteiger partial charge on any atom is -0.382 e. The van der Waals surface area contributed by atoms with Crippen molar-refractivity contribution in [3.05, 3.63) is 70.9 Å². The SMILES string of the molecule is CNc1ncc(-c2cc3cc[nH]c(=O)c3c(Nc3ccc(C4CCN(CC(O)C(F)(F)F)CC4)cc3)n2)cn1. The van der Waals surface area contributed by atoms with Gasteiger partial charge in [-0.2, -0.15) is 13.2 Å². The van der Waals surface area contributed by atoms with Gasteiger partial charge in [0.15, 0.2) is 6.10 Å². The molecule has 1 unspecified atom stereocenters. The first-order chi connectivity index (χ1) is 18.7. The number of alkyl halides is 3. The molecule has 0 spiro atoms. The van der Waals surface area contributed by atoms with Crippen LogP contribution >= 0.6 is 0 Å². The summed E-state index contributed by atoms with van der Waals surface area (Å²) in [6, 6.07) is 11.4. The Bertz CT molecular complexity index is 1480. The first kappa shape index (κ1) is 26.6. The van der Waals surface area contributed by atoms with Gasteiger partial charge in [0.25, 0.3) is 5.56 Å². The second-order valence-corrected chi connectivity index (χ2v) is 9.55. The van der Waals surface area contributed by atoms with Gasteiger partial charge in [-0.1, -0.05) is 12.1 Å². The number of piperidine rings is 1. The molecule has 0 radical (unpaired) electrons. The number of pyridine rings is 2. The molecule has 1 saturated heterocycles. The third kappa shape index (κ3) is 6.02. The molecular weight excluding hydrogens is 511 g/mol. The number of benzene rings is 1. The Balaban J connectivity index is 1.33. The number of halogens is 3. The highest BCUT2D eigenvalue weighted by Gasteiger charge is 2.39. The van der Waals surface area contributed by atoms with Gasteiger partial charge in [0.1, 0.15) is 5.82 Å². The molecule has 4 N–H and O–H groups in total. The molecule has 1 aliphatic rings. The summed E-state index contributed by atoms with van der Waals surface area (Å²) in [5.74, 6) is 1.09. The maximum absolute atomic E-state index is 12.7. The van der Waals surface area contributed by atoms with Gasteiger partial charge in [-0.25, -0.2) is 15.0 Å². The molecule has 5 rings (SSSR count). The quantitative estimate of drug-likeness (QED) is 0.275. The molecule has 4 aromatic rings. The molecule has 12 heteroatoms. The van der Waals surface area contributed by atoms with Crippen LogP contribution < -0.4 is 16.2 Å². The number of aliphatic hydroxyl groups is 1. The Kier molecular flexibility index (Phi) is 7.49. The van der Waals surface area contributed by atoms with Crippen molar-refractivity contribution in [3.8, 4) is 11.3 Å². The topological polar surface area (TPSA) is 119 Å². The zero-order valence-corrected chi connectivity index (χ0v) is 21.2. The number of fused-ring (bicyclic) bond motifs is 1. The van der Waals surface area contributed by atoms with Gasteiger partial charge in [-0.05, 0) is 67.1 Å². The highest BCUT2D eigenvalue weighted by Crippen LogP contribution is 2.32. The lowest BCUT2D eigenvalue weighted by molar-refractivity contribution is -0.208. The predicted octanol–water partition coefficient (Wildman–Crippen LogP) is 4.27. The fourth-order valence-electron chi connectivity index (χ4n) is 4.81. The van der Waals surface area contributed by atoms with E-state index in [-0.39, 0.29) is 11.5 Å². The van der Waals surface area contributed by atoms with E-state index in [1.165, 1.54) is 0 Å². The number of hydrogen-bond donors (Lipinski definition) is 4. The van der Waals surface area contributed by atoms with Crippen LogP contribution in [0.25, 0.3) is 22.0 Å². The number of aromatic nitrogens is 4. The van der Waals surface area contributed by atoms with Crippen LogP contribution in [0.15, 0.2) is 59.8 Å². The molecule has 1 aromatic carbocycles. The highest BCUT2D eigenvalue weighted by atomic mass is 19.4. The van der Waals surface area contributed by atoms with Crippen molar-refractivity contribution in [1.82, 2.24) is 24.8 Å². The fourth-order valence-corrected chi connectivity index (χ4v) is 4.81. The van der Waals surface area contributed by atoms with E-state index < -0.39 is 18.8 Å².